The van der Waals surface area contributed by atoms with Crippen LogP contribution in [0.25, 0.3) is 0 Å². The van der Waals surface area contributed by atoms with Crippen molar-refractivity contribution in [3.8, 4) is 0 Å². The van der Waals surface area contributed by atoms with Crippen LogP contribution >= 0.6 is 12.6 Å². The lowest BCUT2D eigenvalue weighted by Crippen LogP contribution is -1.96. The van der Waals surface area contributed by atoms with Crippen molar-refractivity contribution in [2.75, 3.05) is 0 Å². The molecule has 2 aromatic heterocycles. The summed E-state index contributed by atoms with van der Waals surface area (Å²) in [6.45, 7) is 0. The quantitative estimate of drug-likeness (QED) is 0.630. The Morgan fingerprint density at radius 3 is 2.73 bits per heavy atom. The fourth-order valence-corrected chi connectivity index (χ4v) is 2.30. The summed E-state index contributed by atoms with van der Waals surface area (Å²) in [7, 11) is 0. The van der Waals surface area contributed by atoms with Gasteiger partial charge in [0.2, 0.25) is 5.76 Å². The second-order valence-electron chi connectivity index (χ2n) is 4.71. The maximum atomic E-state index is 10.8. The van der Waals surface area contributed by atoms with Crippen molar-refractivity contribution < 1.29 is 14.3 Å². The summed E-state index contributed by atoms with van der Waals surface area (Å²) in [6, 6.07) is 12.8. The van der Waals surface area contributed by atoms with Gasteiger partial charge in [-0.2, -0.15) is 17.7 Å². The van der Waals surface area contributed by atoms with Gasteiger partial charge in [-0.05, 0) is 17.7 Å². The molecule has 2 heterocycles. The SMILES string of the molecule is O=C(O)c1ccc(C(S)c2n[nH]c(Cc3ccccc3)n2)o1. The average Bonchev–Trinajstić information content (AvgIpc) is 3.17. The van der Waals surface area contributed by atoms with Crippen LogP contribution in [0.15, 0.2) is 46.9 Å². The zero-order valence-electron chi connectivity index (χ0n) is 11.4. The van der Waals surface area contributed by atoms with Crippen molar-refractivity contribution >= 4 is 18.6 Å². The number of furan rings is 1. The first-order chi connectivity index (χ1) is 10.6. The number of nitrogens with one attached hydrogen (secondary N) is 1. The van der Waals surface area contributed by atoms with E-state index in [1.807, 2.05) is 30.3 Å². The molecular formula is C15H13N3O3S. The fraction of sp³-hybridized carbons (Fsp3) is 0.133. The van der Waals surface area contributed by atoms with Crippen molar-refractivity contribution in [3.63, 3.8) is 0 Å². The van der Waals surface area contributed by atoms with Gasteiger partial charge in [-0.25, -0.2) is 9.78 Å². The van der Waals surface area contributed by atoms with E-state index in [1.165, 1.54) is 6.07 Å². The van der Waals surface area contributed by atoms with E-state index in [0.717, 1.165) is 5.56 Å². The summed E-state index contributed by atoms with van der Waals surface area (Å²) < 4.78 is 5.22. The van der Waals surface area contributed by atoms with Gasteiger partial charge in [0.25, 0.3) is 0 Å². The first-order valence-electron chi connectivity index (χ1n) is 6.59. The maximum Gasteiger partial charge on any atom is 0.371 e. The molecule has 0 saturated carbocycles. The van der Waals surface area contributed by atoms with Crippen LogP contribution in [0, 0.1) is 0 Å². The first-order valence-corrected chi connectivity index (χ1v) is 7.11. The topological polar surface area (TPSA) is 92.0 Å². The molecule has 0 fully saturated rings. The van der Waals surface area contributed by atoms with E-state index in [1.54, 1.807) is 6.07 Å². The molecule has 0 aliphatic rings. The Bertz CT molecular complexity index is 782. The van der Waals surface area contributed by atoms with E-state index in [9.17, 15) is 4.79 Å². The molecule has 0 aliphatic heterocycles. The standard InChI is InChI=1S/C15H13N3O3S/c19-15(20)11-7-6-10(21-11)13(22)14-16-12(17-18-14)8-9-4-2-1-3-5-9/h1-7,13,22H,8H2,(H,19,20)(H,16,17,18). The monoisotopic (exact) mass is 315 g/mol. The zero-order chi connectivity index (χ0) is 15.5. The van der Waals surface area contributed by atoms with Gasteiger partial charge in [0, 0.05) is 6.42 Å². The number of carboxylic acids is 1. The molecule has 6 nitrogen and oxygen atoms in total. The summed E-state index contributed by atoms with van der Waals surface area (Å²) in [5, 5.41) is 15.3. The Morgan fingerprint density at radius 2 is 2.05 bits per heavy atom. The number of aromatic amines is 1. The van der Waals surface area contributed by atoms with E-state index in [2.05, 4.69) is 27.8 Å². The number of carbonyl (C=O) groups is 1. The lowest BCUT2D eigenvalue weighted by atomic mass is 10.1. The Labute approximate surface area is 131 Å². The largest absolute Gasteiger partial charge is 0.475 e. The smallest absolute Gasteiger partial charge is 0.371 e. The molecule has 0 spiro atoms. The lowest BCUT2D eigenvalue weighted by molar-refractivity contribution is 0.0660. The van der Waals surface area contributed by atoms with Crippen LogP contribution in [0.5, 0.6) is 0 Å². The molecule has 1 unspecified atom stereocenters. The number of H-pyrrole nitrogens is 1. The Balaban J connectivity index is 1.76. The van der Waals surface area contributed by atoms with Crippen LogP contribution in [0.1, 0.15) is 38.8 Å². The van der Waals surface area contributed by atoms with Crippen LogP contribution in [0.3, 0.4) is 0 Å². The minimum absolute atomic E-state index is 0.130. The van der Waals surface area contributed by atoms with Gasteiger partial charge in [-0.15, -0.1) is 0 Å². The fourth-order valence-electron chi connectivity index (χ4n) is 2.04. The second kappa shape index (κ2) is 6.07. The lowest BCUT2D eigenvalue weighted by Gasteiger charge is -2.01. The molecule has 0 aliphatic carbocycles. The molecule has 1 aromatic carbocycles. The number of benzene rings is 1. The number of carboxylic acid groups (broad SMARTS) is 1. The number of hydrogen-bond donors (Lipinski definition) is 3. The third-order valence-corrected chi connectivity index (χ3v) is 3.60. The number of aromatic nitrogens is 3. The van der Waals surface area contributed by atoms with Crippen molar-refractivity contribution in [3.05, 3.63) is 71.2 Å². The minimum Gasteiger partial charge on any atom is -0.475 e. The van der Waals surface area contributed by atoms with Gasteiger partial charge in [0.15, 0.2) is 5.82 Å². The van der Waals surface area contributed by atoms with Gasteiger partial charge >= 0.3 is 5.97 Å². The van der Waals surface area contributed by atoms with Crippen molar-refractivity contribution in [1.82, 2.24) is 15.2 Å². The van der Waals surface area contributed by atoms with Crippen molar-refractivity contribution in [1.29, 1.82) is 0 Å². The maximum absolute atomic E-state index is 10.8. The minimum atomic E-state index is -1.12. The van der Waals surface area contributed by atoms with Crippen LogP contribution in [0.2, 0.25) is 0 Å². The summed E-state index contributed by atoms with van der Waals surface area (Å²) in [5.74, 6) is 0.303. The average molecular weight is 315 g/mol. The molecule has 3 aromatic rings. The highest BCUT2D eigenvalue weighted by atomic mass is 32.1. The van der Waals surface area contributed by atoms with Crippen molar-refractivity contribution in [2.24, 2.45) is 0 Å². The van der Waals surface area contributed by atoms with Gasteiger partial charge in [-0.3, -0.25) is 5.10 Å². The van der Waals surface area contributed by atoms with Crippen LogP contribution in [-0.4, -0.2) is 26.3 Å². The first kappa shape index (κ1) is 14.4. The van der Waals surface area contributed by atoms with Gasteiger partial charge in [0.1, 0.15) is 16.8 Å². The summed E-state index contributed by atoms with van der Waals surface area (Å²) in [4.78, 5) is 15.2. The molecule has 1 atom stereocenters. The van der Waals surface area contributed by atoms with Crippen LogP contribution in [0.4, 0.5) is 0 Å². The molecule has 3 rings (SSSR count). The number of thiol groups is 1. The van der Waals surface area contributed by atoms with E-state index < -0.39 is 11.2 Å². The third kappa shape index (κ3) is 3.04. The highest BCUT2D eigenvalue weighted by Crippen LogP contribution is 2.27. The highest BCUT2D eigenvalue weighted by molar-refractivity contribution is 7.80. The van der Waals surface area contributed by atoms with Gasteiger partial charge in [-0.1, -0.05) is 30.3 Å². The molecule has 0 bridgehead atoms. The van der Waals surface area contributed by atoms with E-state index in [0.29, 0.717) is 23.8 Å². The summed E-state index contributed by atoms with van der Waals surface area (Å²) in [5.41, 5.74) is 1.12. The van der Waals surface area contributed by atoms with Crippen LogP contribution < -0.4 is 0 Å². The number of hydrogen-bond acceptors (Lipinski definition) is 5. The molecule has 0 amide bonds. The predicted octanol–water partition coefficient (Wildman–Crippen LogP) is 2.71. The number of nitrogens with zero attached hydrogens (tertiary/aromatic N) is 2. The summed E-state index contributed by atoms with van der Waals surface area (Å²) >= 11 is 4.40. The van der Waals surface area contributed by atoms with Gasteiger partial charge in [0.05, 0.1) is 0 Å². The van der Waals surface area contributed by atoms with Gasteiger partial charge < -0.3 is 9.52 Å². The zero-order valence-corrected chi connectivity index (χ0v) is 12.3. The Morgan fingerprint density at radius 1 is 1.27 bits per heavy atom. The van der Waals surface area contributed by atoms with E-state index in [-0.39, 0.29) is 5.76 Å². The third-order valence-electron chi connectivity index (χ3n) is 3.12. The molecule has 22 heavy (non-hydrogen) atoms. The molecular weight excluding hydrogens is 302 g/mol. The molecule has 0 radical (unpaired) electrons. The predicted molar refractivity (Wildman–Crippen MR) is 82.1 cm³/mol. The Kier molecular flexibility index (Phi) is 3.97. The number of rotatable bonds is 5. The normalized spacial score (nSPS) is 12.2. The molecule has 0 saturated heterocycles. The number of aromatic carboxylic acids is 1. The molecule has 112 valence electrons. The second-order valence-corrected chi connectivity index (χ2v) is 5.23. The molecule has 2 N–H and O–H groups in total. The highest BCUT2D eigenvalue weighted by Gasteiger charge is 2.20. The van der Waals surface area contributed by atoms with E-state index >= 15 is 0 Å². The Hall–Kier alpha value is -2.54. The molecule has 7 heteroatoms. The van der Waals surface area contributed by atoms with E-state index in [4.69, 9.17) is 9.52 Å². The summed E-state index contributed by atoms with van der Waals surface area (Å²) in [6.07, 6.45) is 0.632. The van der Waals surface area contributed by atoms with Crippen LogP contribution in [-0.2, 0) is 6.42 Å². The van der Waals surface area contributed by atoms with Crippen molar-refractivity contribution in [2.45, 2.75) is 11.7 Å².